The number of fused-ring (bicyclic) bond motifs is 1. The second-order valence-corrected chi connectivity index (χ2v) is 6.59. The molecule has 1 aliphatic heterocycles. The zero-order valence-electron chi connectivity index (χ0n) is 17.0. The van der Waals surface area contributed by atoms with Crippen LogP contribution in [-0.4, -0.2) is 25.8 Å². The lowest BCUT2D eigenvalue weighted by Crippen LogP contribution is -2.18. The summed E-state index contributed by atoms with van der Waals surface area (Å²) in [5, 5.41) is 2.86. The summed E-state index contributed by atoms with van der Waals surface area (Å²) in [5.41, 5.74) is 4.81. The number of aldehydes is 1. The van der Waals surface area contributed by atoms with E-state index < -0.39 is 0 Å². The van der Waals surface area contributed by atoms with Crippen molar-refractivity contribution in [3.05, 3.63) is 70.3 Å². The van der Waals surface area contributed by atoms with Gasteiger partial charge in [0.1, 0.15) is 12.0 Å². The fourth-order valence-corrected chi connectivity index (χ4v) is 2.79. The van der Waals surface area contributed by atoms with Crippen LogP contribution in [0.25, 0.3) is 4.85 Å². The van der Waals surface area contributed by atoms with Gasteiger partial charge in [-0.25, -0.2) is 0 Å². The van der Waals surface area contributed by atoms with E-state index in [9.17, 15) is 4.79 Å². The maximum Gasteiger partial charge on any atom is 0.369 e. The maximum absolute atomic E-state index is 11.4. The number of nitrogens with one attached hydrogen (secondary N) is 1. The number of anilines is 2. The Labute approximate surface area is 171 Å². The van der Waals surface area contributed by atoms with Gasteiger partial charge in [-0.2, -0.15) is 0 Å². The summed E-state index contributed by atoms with van der Waals surface area (Å²) < 4.78 is 5.83. The molecule has 0 unspecified atom stereocenters. The third-order valence-corrected chi connectivity index (χ3v) is 4.31. The zero-order valence-corrected chi connectivity index (χ0v) is 17.0. The van der Waals surface area contributed by atoms with Gasteiger partial charge in [-0.3, -0.25) is 4.79 Å². The Kier molecular flexibility index (Phi) is 7.99. The van der Waals surface area contributed by atoms with E-state index in [4.69, 9.17) is 16.1 Å². The minimum absolute atomic E-state index is 0.0532. The normalized spacial score (nSPS) is 12.5. The van der Waals surface area contributed by atoms with Crippen molar-refractivity contribution >= 4 is 23.6 Å². The predicted molar refractivity (Wildman–Crippen MR) is 117 cm³/mol. The Balaban J connectivity index is 0.000000941. The summed E-state index contributed by atoms with van der Waals surface area (Å²) in [6.07, 6.45) is 3.82. The molecule has 0 radical (unpaired) electrons. The Morgan fingerprint density at radius 2 is 1.93 bits per heavy atom. The first-order chi connectivity index (χ1) is 14.0. The van der Waals surface area contributed by atoms with Gasteiger partial charge >= 0.3 is 5.70 Å². The van der Waals surface area contributed by atoms with Gasteiger partial charge in [-0.15, -0.1) is 0 Å². The summed E-state index contributed by atoms with van der Waals surface area (Å²) in [6, 6.07) is 13.8. The van der Waals surface area contributed by atoms with Crippen LogP contribution in [0.5, 0.6) is 5.75 Å². The SMILES string of the molecule is C#[N+]/C(=C\N(C)c1ccc(C)cc1)COc1ccc2c(c1)CCC(=O)N2.CC=O. The minimum Gasteiger partial charge on any atom is -0.481 e. The number of ether oxygens (including phenoxy) is 1. The predicted octanol–water partition coefficient (Wildman–Crippen LogP) is 4.40. The summed E-state index contributed by atoms with van der Waals surface area (Å²) in [5.74, 6) is 0.782. The maximum atomic E-state index is 11.4. The molecule has 0 saturated heterocycles. The van der Waals surface area contributed by atoms with Gasteiger partial charge in [0, 0.05) is 24.8 Å². The van der Waals surface area contributed by atoms with Crippen molar-refractivity contribution in [2.45, 2.75) is 26.7 Å². The van der Waals surface area contributed by atoms with Crippen LogP contribution in [0.2, 0.25) is 0 Å². The Bertz CT molecular complexity index is 927. The molecule has 6 nitrogen and oxygen atoms in total. The third-order valence-electron chi connectivity index (χ3n) is 4.31. The molecule has 6 heteroatoms. The molecular weight excluding hydrogens is 366 g/mol. The molecule has 1 heterocycles. The lowest BCUT2D eigenvalue weighted by atomic mass is 10.0. The Hall–Kier alpha value is -3.59. The Morgan fingerprint density at radius 1 is 1.24 bits per heavy atom. The average Bonchev–Trinajstić information content (AvgIpc) is 2.72. The number of aryl methyl sites for hydroxylation is 2. The van der Waals surface area contributed by atoms with Crippen molar-refractivity contribution in [3.8, 4) is 12.3 Å². The molecule has 29 heavy (non-hydrogen) atoms. The second-order valence-electron chi connectivity index (χ2n) is 6.59. The molecule has 0 spiro atoms. The van der Waals surface area contributed by atoms with E-state index in [1.54, 1.807) is 0 Å². The van der Waals surface area contributed by atoms with Crippen LogP contribution in [-0.2, 0) is 16.0 Å². The van der Waals surface area contributed by atoms with E-state index in [2.05, 4.69) is 29.2 Å². The van der Waals surface area contributed by atoms with Gasteiger partial charge < -0.3 is 19.7 Å². The third kappa shape index (κ3) is 6.51. The lowest BCUT2D eigenvalue weighted by molar-refractivity contribution is -0.116. The fourth-order valence-electron chi connectivity index (χ4n) is 2.79. The zero-order chi connectivity index (χ0) is 21.2. The van der Waals surface area contributed by atoms with Crippen LogP contribution < -0.4 is 15.0 Å². The van der Waals surface area contributed by atoms with E-state index in [0.717, 1.165) is 35.4 Å². The van der Waals surface area contributed by atoms with Crippen molar-refractivity contribution in [2.75, 3.05) is 23.9 Å². The summed E-state index contributed by atoms with van der Waals surface area (Å²) in [4.78, 5) is 26.0. The molecule has 1 amide bonds. The van der Waals surface area contributed by atoms with Gasteiger partial charge in [-0.1, -0.05) is 17.7 Å². The summed E-state index contributed by atoms with van der Waals surface area (Å²) in [7, 11) is 1.94. The van der Waals surface area contributed by atoms with Crippen LogP contribution in [0.1, 0.15) is 24.5 Å². The van der Waals surface area contributed by atoms with Crippen molar-refractivity contribution in [2.24, 2.45) is 0 Å². The number of hydrogen-bond donors (Lipinski definition) is 1. The fraction of sp³-hybridized carbons (Fsp3) is 0.261. The first-order valence-electron chi connectivity index (χ1n) is 9.33. The molecule has 150 valence electrons. The summed E-state index contributed by atoms with van der Waals surface area (Å²) in [6.45, 7) is 9.28. The van der Waals surface area contributed by atoms with E-state index in [-0.39, 0.29) is 12.5 Å². The van der Waals surface area contributed by atoms with Crippen molar-refractivity contribution < 1.29 is 14.3 Å². The van der Waals surface area contributed by atoms with E-state index in [0.29, 0.717) is 12.1 Å². The molecule has 0 bridgehead atoms. The molecule has 0 aromatic heterocycles. The van der Waals surface area contributed by atoms with E-state index in [1.165, 1.54) is 12.5 Å². The van der Waals surface area contributed by atoms with Crippen molar-refractivity contribution in [1.82, 2.24) is 0 Å². The van der Waals surface area contributed by atoms with Crippen LogP contribution in [0, 0.1) is 13.5 Å². The minimum atomic E-state index is 0.0532. The number of carbonyl (C=O) groups excluding carboxylic acids is 2. The lowest BCUT2D eigenvalue weighted by Gasteiger charge is -2.17. The highest BCUT2D eigenvalue weighted by molar-refractivity contribution is 5.94. The van der Waals surface area contributed by atoms with Gasteiger partial charge in [0.2, 0.25) is 5.91 Å². The van der Waals surface area contributed by atoms with Crippen molar-refractivity contribution in [3.63, 3.8) is 0 Å². The molecule has 0 fully saturated rings. The monoisotopic (exact) mass is 392 g/mol. The number of amides is 1. The highest BCUT2D eigenvalue weighted by Gasteiger charge is 2.16. The summed E-state index contributed by atoms with van der Waals surface area (Å²) >= 11 is 0. The van der Waals surface area contributed by atoms with Crippen LogP contribution in [0.15, 0.2) is 54.4 Å². The number of carbonyl (C=O) groups is 2. The van der Waals surface area contributed by atoms with Crippen molar-refractivity contribution in [1.29, 1.82) is 0 Å². The molecule has 0 atom stereocenters. The molecular formula is C23H26N3O3+. The number of nitrogens with zero attached hydrogens (tertiary/aromatic N) is 2. The topological polar surface area (TPSA) is 63.0 Å². The molecule has 1 N–H and O–H groups in total. The first-order valence-corrected chi connectivity index (χ1v) is 9.33. The molecule has 2 aromatic carbocycles. The standard InChI is InChI=1S/C21H21N3O2.C2H4O/c1-15-4-7-18(8-5-15)24(3)13-17(22-2)14-26-19-9-10-20-16(12-19)6-11-21(25)23-20;1-2-3/h2,4-5,7-10,12-13H,6,11,14H2,1,3H3;2H,1H3/p+1/b17-13-;. The molecule has 0 aliphatic carbocycles. The highest BCUT2D eigenvalue weighted by atomic mass is 16.5. The Morgan fingerprint density at radius 3 is 2.59 bits per heavy atom. The van der Waals surface area contributed by atoms with E-state index in [1.807, 2.05) is 48.5 Å². The van der Waals surface area contributed by atoms with Crippen LogP contribution in [0.4, 0.5) is 11.4 Å². The number of benzene rings is 2. The van der Waals surface area contributed by atoms with Gasteiger partial charge in [0.15, 0.2) is 6.61 Å². The van der Waals surface area contributed by atoms with Gasteiger partial charge in [0.25, 0.3) is 6.57 Å². The van der Waals surface area contributed by atoms with E-state index >= 15 is 0 Å². The smallest absolute Gasteiger partial charge is 0.369 e. The highest BCUT2D eigenvalue weighted by Crippen LogP contribution is 2.27. The molecule has 1 aliphatic rings. The average molecular weight is 392 g/mol. The molecule has 3 rings (SSSR count). The number of hydrogen-bond acceptors (Lipinski definition) is 4. The first kappa shape index (κ1) is 21.7. The quantitative estimate of drug-likeness (QED) is 0.766. The van der Waals surface area contributed by atoms with Crippen LogP contribution in [0.3, 0.4) is 0 Å². The molecule has 2 aromatic rings. The number of rotatable bonds is 5. The van der Waals surface area contributed by atoms with Gasteiger partial charge in [-0.05, 0) is 61.0 Å². The van der Waals surface area contributed by atoms with Crippen LogP contribution >= 0.6 is 0 Å². The van der Waals surface area contributed by atoms with Gasteiger partial charge in [0.05, 0.1) is 6.20 Å². The molecule has 0 saturated carbocycles. The largest absolute Gasteiger partial charge is 0.481 e. The second kappa shape index (κ2) is 10.7.